The van der Waals surface area contributed by atoms with E-state index < -0.39 is 6.04 Å². The average Bonchev–Trinajstić information content (AvgIpc) is 2.30. The van der Waals surface area contributed by atoms with Gasteiger partial charge in [0.05, 0.1) is 18.7 Å². The van der Waals surface area contributed by atoms with Gasteiger partial charge >= 0.3 is 5.97 Å². The number of carbonyl (C=O) groups excluding carboxylic acids is 1. The molecule has 0 bridgehead atoms. The van der Waals surface area contributed by atoms with Crippen LogP contribution in [0.4, 0.5) is 5.69 Å². The quantitative estimate of drug-likeness (QED) is 0.786. The van der Waals surface area contributed by atoms with Crippen LogP contribution in [0.15, 0.2) is 18.2 Å². The van der Waals surface area contributed by atoms with Crippen molar-refractivity contribution in [1.82, 2.24) is 0 Å². The highest BCUT2D eigenvalue weighted by Gasteiger charge is 2.13. The SMILES string of the molecule is COC(=O)C(C)Nc1cc(C#N)ccc1C. The van der Waals surface area contributed by atoms with Crippen LogP contribution in [-0.4, -0.2) is 19.1 Å². The predicted molar refractivity (Wildman–Crippen MR) is 61.0 cm³/mol. The molecule has 16 heavy (non-hydrogen) atoms. The number of methoxy groups -OCH3 is 1. The van der Waals surface area contributed by atoms with Crippen LogP contribution in [0.25, 0.3) is 0 Å². The average molecular weight is 218 g/mol. The second kappa shape index (κ2) is 5.17. The van der Waals surface area contributed by atoms with E-state index >= 15 is 0 Å². The Morgan fingerprint density at radius 1 is 1.56 bits per heavy atom. The topological polar surface area (TPSA) is 62.1 Å². The molecule has 84 valence electrons. The number of esters is 1. The van der Waals surface area contributed by atoms with E-state index in [0.717, 1.165) is 11.3 Å². The van der Waals surface area contributed by atoms with E-state index in [1.807, 2.05) is 13.0 Å². The maximum atomic E-state index is 11.2. The third-order valence-corrected chi connectivity index (χ3v) is 2.29. The van der Waals surface area contributed by atoms with Crippen molar-refractivity contribution in [3.05, 3.63) is 29.3 Å². The van der Waals surface area contributed by atoms with E-state index in [4.69, 9.17) is 5.26 Å². The van der Waals surface area contributed by atoms with Crippen LogP contribution in [0, 0.1) is 18.3 Å². The number of hydrogen-bond donors (Lipinski definition) is 1. The Labute approximate surface area is 94.8 Å². The van der Waals surface area contributed by atoms with Crippen molar-refractivity contribution in [1.29, 1.82) is 5.26 Å². The normalized spacial score (nSPS) is 11.4. The molecule has 1 atom stereocenters. The van der Waals surface area contributed by atoms with Gasteiger partial charge in [-0.25, -0.2) is 4.79 Å². The maximum Gasteiger partial charge on any atom is 0.327 e. The zero-order valence-corrected chi connectivity index (χ0v) is 9.57. The van der Waals surface area contributed by atoms with Crippen LogP contribution in [-0.2, 0) is 9.53 Å². The second-order valence-electron chi connectivity index (χ2n) is 3.53. The number of nitriles is 1. The highest BCUT2D eigenvalue weighted by atomic mass is 16.5. The number of anilines is 1. The summed E-state index contributed by atoms with van der Waals surface area (Å²) in [5.41, 5.74) is 2.32. The fourth-order valence-electron chi connectivity index (χ4n) is 1.32. The van der Waals surface area contributed by atoms with Crippen molar-refractivity contribution < 1.29 is 9.53 Å². The Kier molecular flexibility index (Phi) is 3.90. The molecule has 1 rings (SSSR count). The van der Waals surface area contributed by atoms with Gasteiger partial charge in [-0.15, -0.1) is 0 Å². The number of nitrogens with zero attached hydrogens (tertiary/aromatic N) is 1. The Hall–Kier alpha value is -2.02. The lowest BCUT2D eigenvalue weighted by atomic mass is 10.1. The van der Waals surface area contributed by atoms with Gasteiger partial charge in [0.2, 0.25) is 0 Å². The first-order chi connectivity index (χ1) is 7.58. The van der Waals surface area contributed by atoms with Crippen LogP contribution in [0.3, 0.4) is 0 Å². The molecule has 1 unspecified atom stereocenters. The molecular formula is C12H14N2O2. The molecule has 4 heteroatoms. The first-order valence-corrected chi connectivity index (χ1v) is 4.93. The van der Waals surface area contributed by atoms with Crippen molar-refractivity contribution in [3.63, 3.8) is 0 Å². The largest absolute Gasteiger partial charge is 0.467 e. The number of carbonyl (C=O) groups is 1. The van der Waals surface area contributed by atoms with Crippen LogP contribution in [0.5, 0.6) is 0 Å². The third-order valence-electron chi connectivity index (χ3n) is 2.29. The summed E-state index contributed by atoms with van der Waals surface area (Å²) < 4.78 is 4.61. The number of rotatable bonds is 3. The standard InChI is InChI=1S/C12H14N2O2/c1-8-4-5-10(7-13)6-11(8)14-9(2)12(15)16-3/h4-6,9,14H,1-3H3. The van der Waals surface area contributed by atoms with Crippen LogP contribution < -0.4 is 5.32 Å². The van der Waals surface area contributed by atoms with Gasteiger partial charge in [-0.2, -0.15) is 5.26 Å². The summed E-state index contributed by atoms with van der Waals surface area (Å²) in [7, 11) is 1.35. The second-order valence-corrected chi connectivity index (χ2v) is 3.53. The Balaban J connectivity index is 2.88. The molecule has 0 aliphatic heterocycles. The van der Waals surface area contributed by atoms with E-state index in [-0.39, 0.29) is 5.97 Å². The zero-order valence-electron chi connectivity index (χ0n) is 9.57. The Morgan fingerprint density at radius 2 is 2.25 bits per heavy atom. The molecule has 0 saturated carbocycles. The summed E-state index contributed by atoms with van der Waals surface area (Å²) in [6, 6.07) is 6.92. The molecule has 0 aliphatic carbocycles. The van der Waals surface area contributed by atoms with Crippen LogP contribution >= 0.6 is 0 Å². The summed E-state index contributed by atoms with van der Waals surface area (Å²) >= 11 is 0. The minimum Gasteiger partial charge on any atom is -0.467 e. The van der Waals surface area contributed by atoms with Gasteiger partial charge < -0.3 is 10.1 Å². The van der Waals surface area contributed by atoms with Gasteiger partial charge in [0.15, 0.2) is 0 Å². The molecule has 0 aromatic heterocycles. The molecule has 4 nitrogen and oxygen atoms in total. The molecular weight excluding hydrogens is 204 g/mol. The van der Waals surface area contributed by atoms with Crippen molar-refractivity contribution in [2.75, 3.05) is 12.4 Å². The van der Waals surface area contributed by atoms with Crippen molar-refractivity contribution in [2.45, 2.75) is 19.9 Å². The molecule has 0 spiro atoms. The smallest absolute Gasteiger partial charge is 0.327 e. The number of nitrogens with one attached hydrogen (secondary N) is 1. The van der Waals surface area contributed by atoms with Gasteiger partial charge in [-0.1, -0.05) is 6.07 Å². The summed E-state index contributed by atoms with van der Waals surface area (Å²) in [4.78, 5) is 11.2. The first-order valence-electron chi connectivity index (χ1n) is 4.93. The maximum absolute atomic E-state index is 11.2. The van der Waals surface area contributed by atoms with Gasteiger partial charge in [0.1, 0.15) is 6.04 Å². The van der Waals surface area contributed by atoms with E-state index in [0.29, 0.717) is 5.56 Å². The van der Waals surface area contributed by atoms with Crippen molar-refractivity contribution >= 4 is 11.7 Å². The minimum absolute atomic E-state index is 0.332. The first kappa shape index (κ1) is 12.1. The van der Waals surface area contributed by atoms with E-state index in [2.05, 4.69) is 16.1 Å². The lowest BCUT2D eigenvalue weighted by Gasteiger charge is -2.14. The van der Waals surface area contributed by atoms with Crippen molar-refractivity contribution in [2.24, 2.45) is 0 Å². The third kappa shape index (κ3) is 2.74. The van der Waals surface area contributed by atoms with Crippen molar-refractivity contribution in [3.8, 4) is 6.07 Å². The van der Waals surface area contributed by atoms with Crippen LogP contribution in [0.1, 0.15) is 18.1 Å². The lowest BCUT2D eigenvalue weighted by molar-refractivity contribution is -0.141. The molecule has 0 saturated heterocycles. The monoisotopic (exact) mass is 218 g/mol. The molecule has 1 N–H and O–H groups in total. The fraction of sp³-hybridized carbons (Fsp3) is 0.333. The van der Waals surface area contributed by atoms with E-state index in [9.17, 15) is 4.79 Å². The lowest BCUT2D eigenvalue weighted by Crippen LogP contribution is -2.27. The molecule has 1 aromatic carbocycles. The van der Waals surface area contributed by atoms with Gasteiger partial charge in [-0.3, -0.25) is 0 Å². The molecule has 0 radical (unpaired) electrons. The van der Waals surface area contributed by atoms with Crippen LogP contribution in [0.2, 0.25) is 0 Å². The number of aryl methyl sites for hydroxylation is 1. The molecule has 0 fully saturated rings. The Morgan fingerprint density at radius 3 is 2.81 bits per heavy atom. The fourth-order valence-corrected chi connectivity index (χ4v) is 1.32. The van der Waals surface area contributed by atoms with Gasteiger partial charge in [0.25, 0.3) is 0 Å². The number of ether oxygens (including phenoxy) is 1. The summed E-state index contributed by atoms with van der Waals surface area (Å²) in [6.45, 7) is 3.62. The zero-order chi connectivity index (χ0) is 12.1. The van der Waals surface area contributed by atoms with Gasteiger partial charge in [0, 0.05) is 5.69 Å². The number of hydrogen-bond acceptors (Lipinski definition) is 4. The van der Waals surface area contributed by atoms with Gasteiger partial charge in [-0.05, 0) is 31.5 Å². The minimum atomic E-state index is -0.433. The Bertz CT molecular complexity index is 435. The summed E-state index contributed by atoms with van der Waals surface area (Å²) in [5.74, 6) is -0.332. The van der Waals surface area contributed by atoms with E-state index in [1.165, 1.54) is 7.11 Å². The molecule has 1 aromatic rings. The highest BCUT2D eigenvalue weighted by molar-refractivity contribution is 5.79. The summed E-state index contributed by atoms with van der Waals surface area (Å²) in [6.07, 6.45) is 0. The predicted octanol–water partition coefficient (Wildman–Crippen LogP) is 1.84. The molecule has 0 heterocycles. The molecule has 0 amide bonds. The summed E-state index contributed by atoms with van der Waals surface area (Å²) in [5, 5.41) is 11.8. The highest BCUT2D eigenvalue weighted by Crippen LogP contribution is 2.17. The van der Waals surface area contributed by atoms with E-state index in [1.54, 1.807) is 19.1 Å². The molecule has 0 aliphatic rings. The number of benzene rings is 1.